The minimum atomic E-state index is -1.01. The first kappa shape index (κ1) is 24.1. The fourth-order valence-electron chi connectivity index (χ4n) is 3.74. The van der Waals surface area contributed by atoms with E-state index in [9.17, 15) is 19.1 Å². The molecule has 0 aliphatic heterocycles. The molecule has 0 saturated carbocycles. The van der Waals surface area contributed by atoms with Crippen LogP contribution in [0.1, 0.15) is 25.5 Å². The van der Waals surface area contributed by atoms with Crippen molar-refractivity contribution in [3.8, 4) is 10.7 Å². The summed E-state index contributed by atoms with van der Waals surface area (Å²) in [5.74, 6) is -0.624. The Hall–Kier alpha value is -3.01. The quantitative estimate of drug-likeness (QED) is 0.377. The van der Waals surface area contributed by atoms with Gasteiger partial charge in [-0.05, 0) is 29.5 Å². The number of thiophene rings is 1. The summed E-state index contributed by atoms with van der Waals surface area (Å²) in [7, 11) is 0. The van der Waals surface area contributed by atoms with Gasteiger partial charge in [-0.2, -0.15) is 0 Å². The first-order valence-electron chi connectivity index (χ1n) is 10.8. The number of fused-ring (bicyclic) bond motifs is 1. The lowest BCUT2D eigenvalue weighted by atomic mass is 10.1. The molecule has 2 N–H and O–H groups in total. The smallest absolute Gasteiger partial charge is 0.346 e. The van der Waals surface area contributed by atoms with E-state index in [1.165, 1.54) is 29.5 Å². The van der Waals surface area contributed by atoms with Crippen molar-refractivity contribution in [2.24, 2.45) is 5.92 Å². The van der Waals surface area contributed by atoms with Gasteiger partial charge in [-0.1, -0.05) is 55.8 Å². The summed E-state index contributed by atoms with van der Waals surface area (Å²) < 4.78 is 18.1. The van der Waals surface area contributed by atoms with Crippen molar-refractivity contribution in [1.82, 2.24) is 19.7 Å². The molecule has 7 nitrogen and oxygen atoms in total. The molecule has 0 aliphatic rings. The molecule has 0 spiro atoms. The number of carbonyl (C=O) groups excluding carboxylic acids is 1. The molecule has 4 rings (SSSR count). The fourth-order valence-corrected chi connectivity index (χ4v) is 4.97. The predicted molar refractivity (Wildman–Crippen MR) is 132 cm³/mol. The highest BCUT2D eigenvalue weighted by molar-refractivity contribution is 7.22. The summed E-state index contributed by atoms with van der Waals surface area (Å²) in [6.07, 6.45) is 0. The molecule has 2 heterocycles. The van der Waals surface area contributed by atoms with E-state index in [1.807, 2.05) is 44.2 Å². The lowest BCUT2D eigenvalue weighted by Crippen LogP contribution is -2.37. The summed E-state index contributed by atoms with van der Waals surface area (Å²) in [4.78, 5) is 26.7. The van der Waals surface area contributed by atoms with Crippen LogP contribution >= 0.6 is 22.9 Å². The first-order valence-corrected chi connectivity index (χ1v) is 12.0. The average Bonchev–Trinajstić information content (AvgIpc) is 3.36. The summed E-state index contributed by atoms with van der Waals surface area (Å²) in [6, 6.07) is 13.2. The van der Waals surface area contributed by atoms with Crippen molar-refractivity contribution >= 4 is 38.9 Å². The number of hydrogen-bond donors (Lipinski definition) is 2. The van der Waals surface area contributed by atoms with E-state index in [2.05, 4.69) is 10.4 Å². The summed E-state index contributed by atoms with van der Waals surface area (Å²) >= 11 is 7.35. The van der Waals surface area contributed by atoms with Crippen LogP contribution in [-0.2, 0) is 17.9 Å². The number of carbonyl (C=O) groups is 1. The Morgan fingerprint density at radius 3 is 2.71 bits per heavy atom. The number of nitrogens with zero attached hydrogens (tertiary/aromatic N) is 3. The number of nitrogens with one attached hydrogen (secondary N) is 1. The number of halogens is 2. The zero-order chi connectivity index (χ0) is 24.4. The number of hydrogen-bond acceptors (Lipinski definition) is 5. The molecule has 2 aromatic carbocycles. The third-order valence-electron chi connectivity index (χ3n) is 5.28. The Labute approximate surface area is 204 Å². The molecule has 10 heteroatoms. The van der Waals surface area contributed by atoms with Crippen LogP contribution in [0.15, 0.2) is 53.3 Å². The minimum Gasteiger partial charge on any atom is -0.394 e. The van der Waals surface area contributed by atoms with Crippen LogP contribution in [0.25, 0.3) is 20.8 Å². The molecule has 0 saturated heterocycles. The molecule has 0 bridgehead atoms. The van der Waals surface area contributed by atoms with Crippen LogP contribution in [0.2, 0.25) is 5.02 Å². The van der Waals surface area contributed by atoms with Gasteiger partial charge in [0.25, 0.3) is 0 Å². The second-order valence-electron chi connectivity index (χ2n) is 8.36. The van der Waals surface area contributed by atoms with E-state index < -0.39 is 30.1 Å². The number of aromatic nitrogens is 3. The van der Waals surface area contributed by atoms with Gasteiger partial charge in [0.15, 0.2) is 5.82 Å². The maximum atomic E-state index is 14.4. The third-order valence-corrected chi connectivity index (χ3v) is 6.69. The zero-order valence-corrected chi connectivity index (χ0v) is 20.2. The normalized spacial score (nSPS) is 12.4. The number of rotatable bonds is 8. The average molecular weight is 503 g/mol. The minimum absolute atomic E-state index is 0.0620. The SMILES string of the molecule is CC(C)Cn1c(-c2cc3ccccc3s2)nn(CC(=O)NC(CO)c2cccc(Cl)c2F)c1=O. The van der Waals surface area contributed by atoms with Crippen molar-refractivity contribution in [2.75, 3.05) is 6.61 Å². The van der Waals surface area contributed by atoms with Crippen molar-refractivity contribution < 1.29 is 14.3 Å². The van der Waals surface area contributed by atoms with Gasteiger partial charge in [0.2, 0.25) is 5.91 Å². The lowest BCUT2D eigenvalue weighted by molar-refractivity contribution is -0.123. The Kier molecular flexibility index (Phi) is 7.16. The number of aliphatic hydroxyl groups is 1. The Bertz CT molecular complexity index is 1360. The van der Waals surface area contributed by atoms with Gasteiger partial charge < -0.3 is 10.4 Å². The van der Waals surface area contributed by atoms with Gasteiger partial charge in [0.05, 0.1) is 22.5 Å². The van der Waals surface area contributed by atoms with Crippen LogP contribution in [0.4, 0.5) is 4.39 Å². The Morgan fingerprint density at radius 1 is 1.24 bits per heavy atom. The van der Waals surface area contributed by atoms with E-state index in [0.29, 0.717) is 12.4 Å². The summed E-state index contributed by atoms with van der Waals surface area (Å²) in [5.41, 5.74) is -0.349. The fraction of sp³-hybridized carbons (Fsp3) is 0.292. The first-order chi connectivity index (χ1) is 16.3. The zero-order valence-electron chi connectivity index (χ0n) is 18.7. The van der Waals surface area contributed by atoms with Crippen LogP contribution in [0.5, 0.6) is 0 Å². The molecular weight excluding hydrogens is 479 g/mol. The summed E-state index contributed by atoms with van der Waals surface area (Å²) in [5, 5.41) is 17.7. The van der Waals surface area contributed by atoms with Crippen molar-refractivity contribution in [3.05, 3.63) is 75.4 Å². The Balaban J connectivity index is 1.63. The highest BCUT2D eigenvalue weighted by Gasteiger charge is 2.22. The van der Waals surface area contributed by atoms with E-state index in [0.717, 1.165) is 19.6 Å². The largest absolute Gasteiger partial charge is 0.394 e. The van der Waals surface area contributed by atoms with Crippen molar-refractivity contribution in [3.63, 3.8) is 0 Å². The number of benzene rings is 2. The van der Waals surface area contributed by atoms with E-state index >= 15 is 0 Å². The van der Waals surface area contributed by atoms with Gasteiger partial charge in [0, 0.05) is 16.8 Å². The van der Waals surface area contributed by atoms with E-state index in [4.69, 9.17) is 11.6 Å². The third kappa shape index (κ3) is 4.91. The van der Waals surface area contributed by atoms with Crippen molar-refractivity contribution in [1.29, 1.82) is 0 Å². The van der Waals surface area contributed by atoms with Crippen LogP contribution in [-0.4, -0.2) is 32.0 Å². The van der Waals surface area contributed by atoms with Gasteiger partial charge in [-0.15, -0.1) is 16.4 Å². The second-order valence-corrected chi connectivity index (χ2v) is 9.85. The highest BCUT2D eigenvalue weighted by Crippen LogP contribution is 2.32. The molecule has 0 fully saturated rings. The molecule has 2 aromatic heterocycles. The maximum Gasteiger partial charge on any atom is 0.346 e. The molecule has 4 aromatic rings. The van der Waals surface area contributed by atoms with Gasteiger partial charge >= 0.3 is 5.69 Å². The number of amides is 1. The van der Waals surface area contributed by atoms with E-state index in [-0.39, 0.29) is 23.0 Å². The molecule has 0 aliphatic carbocycles. The predicted octanol–water partition coefficient (Wildman–Crippen LogP) is 4.22. The lowest BCUT2D eigenvalue weighted by Gasteiger charge is -2.17. The number of aliphatic hydroxyl groups excluding tert-OH is 1. The van der Waals surface area contributed by atoms with E-state index in [1.54, 1.807) is 4.57 Å². The summed E-state index contributed by atoms with van der Waals surface area (Å²) in [6.45, 7) is 3.53. The van der Waals surface area contributed by atoms with Crippen LogP contribution < -0.4 is 11.0 Å². The second kappa shape index (κ2) is 10.1. The molecule has 34 heavy (non-hydrogen) atoms. The molecular formula is C24H24ClFN4O3S. The molecule has 1 atom stereocenters. The topological polar surface area (TPSA) is 89.2 Å². The molecule has 178 valence electrons. The maximum absolute atomic E-state index is 14.4. The van der Waals surface area contributed by atoms with Crippen LogP contribution in [0.3, 0.4) is 0 Å². The standard InChI is InChI=1S/C24H24ClFN4O3S/c1-14(2)11-29-23(20-10-15-6-3-4-9-19(15)34-20)28-30(24(29)33)12-21(32)27-18(13-31)16-7-5-8-17(25)22(16)26/h3-10,14,18,31H,11-13H2,1-2H3,(H,27,32). The molecule has 0 radical (unpaired) electrons. The highest BCUT2D eigenvalue weighted by atomic mass is 35.5. The molecule has 1 unspecified atom stereocenters. The van der Waals surface area contributed by atoms with Crippen LogP contribution in [0, 0.1) is 11.7 Å². The van der Waals surface area contributed by atoms with Gasteiger partial charge in [-0.3, -0.25) is 9.36 Å². The van der Waals surface area contributed by atoms with Crippen molar-refractivity contribution in [2.45, 2.75) is 33.0 Å². The Morgan fingerprint density at radius 2 is 2.00 bits per heavy atom. The molecule has 1 amide bonds. The monoisotopic (exact) mass is 502 g/mol. The van der Waals surface area contributed by atoms with Gasteiger partial charge in [0.1, 0.15) is 12.4 Å². The van der Waals surface area contributed by atoms with Gasteiger partial charge in [-0.25, -0.2) is 13.9 Å².